The molecule has 0 radical (unpaired) electrons. The smallest absolute Gasteiger partial charge is 0.231 e. The molecule has 1 aliphatic carbocycles. The summed E-state index contributed by atoms with van der Waals surface area (Å²) in [7, 11) is 0. The van der Waals surface area contributed by atoms with Gasteiger partial charge in [0.1, 0.15) is 17.7 Å². The van der Waals surface area contributed by atoms with E-state index in [4.69, 9.17) is 4.74 Å². The Labute approximate surface area is 150 Å². The zero-order chi connectivity index (χ0) is 17.6. The molecule has 7 nitrogen and oxygen atoms in total. The molecule has 26 heavy (non-hydrogen) atoms. The fourth-order valence-corrected chi connectivity index (χ4v) is 3.34. The second-order valence-corrected chi connectivity index (χ2v) is 6.83. The molecule has 2 aromatic carbocycles. The Balaban J connectivity index is 1.37. The van der Waals surface area contributed by atoms with Crippen molar-refractivity contribution in [1.82, 2.24) is 20.2 Å². The minimum Gasteiger partial charge on any atom is -0.483 e. The highest BCUT2D eigenvalue weighted by atomic mass is 16.5. The van der Waals surface area contributed by atoms with Crippen LogP contribution in [0.3, 0.4) is 0 Å². The third-order valence-electron chi connectivity index (χ3n) is 4.94. The van der Waals surface area contributed by atoms with E-state index in [1.807, 2.05) is 53.4 Å². The number of anilines is 1. The maximum absolute atomic E-state index is 13.0. The first-order valence-electron chi connectivity index (χ1n) is 8.63. The molecule has 7 heteroatoms. The van der Waals surface area contributed by atoms with E-state index in [2.05, 4.69) is 15.5 Å². The average Bonchev–Trinajstić information content (AvgIpc) is 3.19. The van der Waals surface area contributed by atoms with Crippen molar-refractivity contribution in [2.75, 3.05) is 11.4 Å². The number of carbonyl (C=O) groups excluding carboxylic acids is 1. The normalized spacial score (nSPS) is 16.8. The van der Waals surface area contributed by atoms with Crippen molar-refractivity contribution >= 4 is 11.6 Å². The van der Waals surface area contributed by atoms with Gasteiger partial charge in [-0.05, 0) is 53.1 Å². The number of para-hydroxylation sites is 2. The zero-order valence-corrected chi connectivity index (χ0v) is 14.1. The van der Waals surface area contributed by atoms with E-state index in [9.17, 15) is 4.79 Å². The lowest BCUT2D eigenvalue weighted by Gasteiger charge is -2.35. The Kier molecular flexibility index (Phi) is 3.28. The first-order valence-corrected chi connectivity index (χ1v) is 8.63. The molecule has 1 amide bonds. The van der Waals surface area contributed by atoms with Gasteiger partial charge in [0.05, 0.1) is 24.3 Å². The number of fused-ring (bicyclic) bond motifs is 1. The number of hydrogen-bond donors (Lipinski definition) is 0. The lowest BCUT2D eigenvalue weighted by atomic mass is 10.1. The molecule has 1 aromatic heterocycles. The van der Waals surface area contributed by atoms with Gasteiger partial charge in [0, 0.05) is 0 Å². The molecule has 1 spiro atoms. The van der Waals surface area contributed by atoms with E-state index < -0.39 is 0 Å². The monoisotopic (exact) mass is 347 g/mol. The van der Waals surface area contributed by atoms with Crippen LogP contribution < -0.4 is 9.64 Å². The number of aromatic nitrogens is 4. The summed E-state index contributed by atoms with van der Waals surface area (Å²) in [5, 5.41) is 11.1. The molecule has 0 atom stereocenters. The summed E-state index contributed by atoms with van der Waals surface area (Å²) < 4.78 is 7.69. The van der Waals surface area contributed by atoms with E-state index in [0.29, 0.717) is 13.0 Å². The van der Waals surface area contributed by atoms with Crippen molar-refractivity contribution in [3.8, 4) is 11.4 Å². The van der Waals surface area contributed by atoms with Crippen LogP contribution >= 0.6 is 0 Å². The van der Waals surface area contributed by atoms with E-state index in [0.717, 1.165) is 35.5 Å². The van der Waals surface area contributed by atoms with Gasteiger partial charge in [-0.25, -0.2) is 4.68 Å². The van der Waals surface area contributed by atoms with E-state index in [-0.39, 0.29) is 11.5 Å². The van der Waals surface area contributed by atoms with Crippen LogP contribution in [-0.2, 0) is 11.2 Å². The van der Waals surface area contributed by atoms with Gasteiger partial charge in [0.15, 0.2) is 0 Å². The predicted molar refractivity (Wildman–Crippen MR) is 94.2 cm³/mol. The summed E-state index contributed by atoms with van der Waals surface area (Å²) in [4.78, 5) is 14.9. The topological polar surface area (TPSA) is 73.1 Å². The number of carbonyl (C=O) groups is 1. The second kappa shape index (κ2) is 5.66. The van der Waals surface area contributed by atoms with Gasteiger partial charge in [0.25, 0.3) is 0 Å². The Hall–Kier alpha value is -3.22. The second-order valence-electron chi connectivity index (χ2n) is 6.83. The Bertz CT molecular complexity index is 948. The van der Waals surface area contributed by atoms with Crippen LogP contribution in [0, 0.1) is 0 Å². The standard InChI is InChI=1S/C19H17N5O2/c25-18(11-14-5-7-15(8-6-14)24-13-20-21-22-24)23-12-19(9-10-19)26-17-4-2-1-3-16(17)23/h1-8,13H,9-12H2. The molecule has 0 N–H and O–H groups in total. The van der Waals surface area contributed by atoms with Crippen LogP contribution in [0.5, 0.6) is 5.75 Å². The minimum absolute atomic E-state index is 0.0854. The molecule has 1 fully saturated rings. The summed E-state index contributed by atoms with van der Waals surface area (Å²) in [6, 6.07) is 15.5. The number of rotatable bonds is 3. The summed E-state index contributed by atoms with van der Waals surface area (Å²) >= 11 is 0. The Morgan fingerprint density at radius 3 is 2.65 bits per heavy atom. The Morgan fingerprint density at radius 2 is 1.92 bits per heavy atom. The fraction of sp³-hybridized carbons (Fsp3) is 0.263. The van der Waals surface area contributed by atoms with Crippen LogP contribution in [0.2, 0.25) is 0 Å². The van der Waals surface area contributed by atoms with Gasteiger partial charge in [-0.2, -0.15) is 0 Å². The van der Waals surface area contributed by atoms with Gasteiger partial charge < -0.3 is 9.64 Å². The predicted octanol–water partition coefficient (Wildman–Crippen LogP) is 2.16. The SMILES string of the molecule is O=C(Cc1ccc(-n2cnnn2)cc1)N1CC2(CC2)Oc2ccccc21. The minimum atomic E-state index is -0.173. The fourth-order valence-electron chi connectivity index (χ4n) is 3.34. The van der Waals surface area contributed by atoms with Crippen molar-refractivity contribution in [3.63, 3.8) is 0 Å². The molecule has 2 aliphatic rings. The highest BCUT2D eigenvalue weighted by Crippen LogP contribution is 2.48. The molecule has 0 saturated heterocycles. The zero-order valence-electron chi connectivity index (χ0n) is 14.1. The molecule has 0 bridgehead atoms. The summed E-state index contributed by atoms with van der Waals surface area (Å²) in [5.74, 6) is 0.890. The van der Waals surface area contributed by atoms with E-state index in [1.165, 1.54) is 0 Å². The van der Waals surface area contributed by atoms with Crippen LogP contribution in [0.25, 0.3) is 5.69 Å². The molecule has 2 heterocycles. The molecule has 1 aliphatic heterocycles. The highest BCUT2D eigenvalue weighted by molar-refractivity contribution is 5.97. The van der Waals surface area contributed by atoms with Crippen LogP contribution in [-0.4, -0.2) is 38.3 Å². The van der Waals surface area contributed by atoms with E-state index >= 15 is 0 Å². The lowest BCUT2D eigenvalue weighted by molar-refractivity contribution is -0.118. The first kappa shape index (κ1) is 15.1. The van der Waals surface area contributed by atoms with Crippen molar-refractivity contribution < 1.29 is 9.53 Å². The van der Waals surface area contributed by atoms with Gasteiger partial charge in [-0.3, -0.25) is 4.79 Å². The number of tetrazole rings is 1. The number of ether oxygens (including phenoxy) is 1. The largest absolute Gasteiger partial charge is 0.483 e. The molecular weight excluding hydrogens is 330 g/mol. The summed E-state index contributed by atoms with van der Waals surface area (Å²) in [6.45, 7) is 0.631. The Morgan fingerprint density at radius 1 is 1.12 bits per heavy atom. The van der Waals surface area contributed by atoms with E-state index in [1.54, 1.807) is 11.0 Å². The third kappa shape index (κ3) is 2.61. The van der Waals surface area contributed by atoms with Crippen LogP contribution in [0.15, 0.2) is 54.9 Å². The number of hydrogen-bond acceptors (Lipinski definition) is 5. The average molecular weight is 347 g/mol. The van der Waals surface area contributed by atoms with Gasteiger partial charge in [-0.1, -0.05) is 24.3 Å². The first-order chi connectivity index (χ1) is 12.7. The number of amides is 1. The van der Waals surface area contributed by atoms with Crippen molar-refractivity contribution in [1.29, 1.82) is 0 Å². The molecule has 130 valence electrons. The van der Waals surface area contributed by atoms with Crippen molar-refractivity contribution in [2.45, 2.75) is 24.9 Å². The third-order valence-corrected chi connectivity index (χ3v) is 4.94. The van der Waals surface area contributed by atoms with Crippen molar-refractivity contribution in [2.24, 2.45) is 0 Å². The summed E-state index contributed by atoms with van der Waals surface area (Å²) in [6.07, 6.45) is 3.90. The number of nitrogens with zero attached hydrogens (tertiary/aromatic N) is 5. The lowest BCUT2D eigenvalue weighted by Crippen LogP contribution is -2.45. The molecule has 5 rings (SSSR count). The van der Waals surface area contributed by atoms with Gasteiger partial charge in [0.2, 0.25) is 5.91 Å². The van der Waals surface area contributed by atoms with Crippen molar-refractivity contribution in [3.05, 3.63) is 60.4 Å². The molecule has 1 saturated carbocycles. The van der Waals surface area contributed by atoms with Crippen LogP contribution in [0.1, 0.15) is 18.4 Å². The number of benzene rings is 2. The molecule has 0 unspecified atom stereocenters. The molecular formula is C19H17N5O2. The highest BCUT2D eigenvalue weighted by Gasteiger charge is 2.51. The maximum atomic E-state index is 13.0. The van der Waals surface area contributed by atoms with Gasteiger partial charge in [-0.15, -0.1) is 5.10 Å². The summed E-state index contributed by atoms with van der Waals surface area (Å²) in [5.41, 5.74) is 2.51. The van der Waals surface area contributed by atoms with Crippen LogP contribution in [0.4, 0.5) is 5.69 Å². The van der Waals surface area contributed by atoms with Gasteiger partial charge >= 0.3 is 0 Å². The quantitative estimate of drug-likeness (QED) is 0.726. The molecule has 3 aromatic rings. The maximum Gasteiger partial charge on any atom is 0.231 e.